The third-order valence-corrected chi connectivity index (χ3v) is 3.83. The molecule has 2 N–H and O–H groups in total. The number of hydrogen-bond donors (Lipinski definition) is 2. The van der Waals surface area contributed by atoms with Crippen LogP contribution in [0.1, 0.15) is 58.8 Å². The van der Waals surface area contributed by atoms with Crippen LogP contribution in [0.3, 0.4) is 0 Å². The summed E-state index contributed by atoms with van der Waals surface area (Å²) in [6.45, 7) is 11.0. The number of hydrogen-bond acceptors (Lipinski definition) is 2. The molecule has 0 aromatic heterocycles. The van der Waals surface area contributed by atoms with Crippen LogP contribution in [0.4, 0.5) is 0 Å². The lowest BCUT2D eigenvalue weighted by Gasteiger charge is -2.23. The minimum atomic E-state index is 0. The molecule has 0 aliphatic carbocycles. The predicted molar refractivity (Wildman–Crippen MR) is 113 cm³/mol. The summed E-state index contributed by atoms with van der Waals surface area (Å²) in [5, 5.41) is 12.5. The summed E-state index contributed by atoms with van der Waals surface area (Å²) in [5.41, 5.74) is 0. The van der Waals surface area contributed by atoms with E-state index < -0.39 is 0 Å². The van der Waals surface area contributed by atoms with Gasteiger partial charge in [0.25, 0.3) is 0 Å². The number of aliphatic imine (C=N–C) groups is 1. The van der Waals surface area contributed by atoms with Crippen LogP contribution in [-0.4, -0.2) is 49.3 Å². The smallest absolute Gasteiger partial charge is 0.193 e. The van der Waals surface area contributed by atoms with Crippen molar-refractivity contribution in [1.29, 1.82) is 0 Å². The van der Waals surface area contributed by atoms with Gasteiger partial charge in [0.05, 0.1) is 0 Å². The molecule has 0 radical (unpaired) electrons. The third-order valence-electron chi connectivity index (χ3n) is 3.83. The molecule has 0 heterocycles. The summed E-state index contributed by atoms with van der Waals surface area (Å²) in [7, 11) is 2.11. The summed E-state index contributed by atoms with van der Waals surface area (Å²) in [6.07, 6.45) is 9.87. The van der Waals surface area contributed by atoms with E-state index in [1.54, 1.807) is 0 Å². The summed E-state index contributed by atoms with van der Waals surface area (Å²) >= 11 is 0. The quantitative estimate of drug-likeness (QED) is 0.150. The molecular formula is C18H38IN3O. The van der Waals surface area contributed by atoms with Gasteiger partial charge in [-0.05, 0) is 44.9 Å². The second kappa shape index (κ2) is 18.0. The Hall–Kier alpha value is -0.300. The number of halogens is 1. The van der Waals surface area contributed by atoms with Crippen LogP contribution < -0.4 is 5.32 Å². The number of rotatable bonds is 13. The van der Waals surface area contributed by atoms with Gasteiger partial charge in [-0.25, -0.2) is 0 Å². The fourth-order valence-electron chi connectivity index (χ4n) is 2.52. The third kappa shape index (κ3) is 13.8. The van der Waals surface area contributed by atoms with Crippen molar-refractivity contribution in [3.63, 3.8) is 0 Å². The molecule has 23 heavy (non-hydrogen) atoms. The molecule has 1 atom stereocenters. The Labute approximate surface area is 160 Å². The second-order valence-electron chi connectivity index (χ2n) is 5.92. The highest BCUT2D eigenvalue weighted by Gasteiger charge is 2.09. The molecular weight excluding hydrogens is 401 g/mol. The van der Waals surface area contributed by atoms with Crippen LogP contribution in [-0.2, 0) is 0 Å². The maximum absolute atomic E-state index is 9.15. The minimum absolute atomic E-state index is 0. The molecule has 0 amide bonds. The van der Waals surface area contributed by atoms with Crippen LogP contribution in [0.5, 0.6) is 0 Å². The fourth-order valence-corrected chi connectivity index (χ4v) is 2.52. The van der Waals surface area contributed by atoms with Gasteiger partial charge in [-0.3, -0.25) is 4.99 Å². The lowest BCUT2D eigenvalue weighted by molar-refractivity contribution is 0.253. The largest absolute Gasteiger partial charge is 0.396 e. The Morgan fingerprint density at radius 2 is 2.00 bits per heavy atom. The van der Waals surface area contributed by atoms with E-state index in [1.807, 2.05) is 6.08 Å². The van der Waals surface area contributed by atoms with Crippen molar-refractivity contribution in [2.45, 2.75) is 58.8 Å². The van der Waals surface area contributed by atoms with Crippen molar-refractivity contribution in [3.05, 3.63) is 12.7 Å². The summed E-state index contributed by atoms with van der Waals surface area (Å²) < 4.78 is 0. The molecule has 0 bridgehead atoms. The number of guanidine groups is 1. The van der Waals surface area contributed by atoms with Crippen LogP contribution in [0, 0.1) is 5.92 Å². The van der Waals surface area contributed by atoms with Crippen molar-refractivity contribution >= 4 is 29.9 Å². The standard InChI is InChI=1S/C18H37N3O.HI/c1-5-8-9-10-11-14-21(4)18(19-7-3)20-16-17(12-6-2)13-15-22;/h5,17,22H,1,6-16H2,2-4H3,(H,19,20);1H. The normalized spacial score (nSPS) is 12.4. The molecule has 0 aliphatic heterocycles. The molecule has 4 nitrogen and oxygen atoms in total. The highest BCUT2D eigenvalue weighted by molar-refractivity contribution is 14.0. The van der Waals surface area contributed by atoms with Crippen molar-refractivity contribution in [1.82, 2.24) is 10.2 Å². The number of allylic oxidation sites excluding steroid dienone is 1. The average molecular weight is 439 g/mol. The fraction of sp³-hybridized carbons (Fsp3) is 0.833. The first kappa shape index (κ1) is 24.9. The van der Waals surface area contributed by atoms with Gasteiger partial charge in [-0.15, -0.1) is 30.6 Å². The average Bonchev–Trinajstić information content (AvgIpc) is 2.51. The molecule has 0 fully saturated rings. The first-order chi connectivity index (χ1) is 10.7. The van der Waals surface area contributed by atoms with Gasteiger partial charge in [0.15, 0.2) is 5.96 Å². The van der Waals surface area contributed by atoms with Crippen LogP contribution >= 0.6 is 24.0 Å². The van der Waals surface area contributed by atoms with Crippen molar-refractivity contribution in [2.24, 2.45) is 10.9 Å². The predicted octanol–water partition coefficient (Wildman–Crippen LogP) is 4.05. The molecule has 0 aromatic carbocycles. The molecule has 0 saturated heterocycles. The SMILES string of the molecule is C=CCCCCCN(C)C(=NCC(CCC)CCO)NCC.I. The zero-order chi connectivity index (χ0) is 16.6. The first-order valence-corrected chi connectivity index (χ1v) is 8.90. The number of nitrogens with one attached hydrogen (secondary N) is 1. The molecule has 5 heteroatoms. The molecule has 0 aliphatic rings. The monoisotopic (exact) mass is 439 g/mol. The van der Waals surface area contributed by atoms with Crippen molar-refractivity contribution < 1.29 is 5.11 Å². The first-order valence-electron chi connectivity index (χ1n) is 8.90. The van der Waals surface area contributed by atoms with E-state index >= 15 is 0 Å². The van der Waals surface area contributed by atoms with E-state index in [4.69, 9.17) is 10.1 Å². The van der Waals surface area contributed by atoms with Crippen LogP contribution in [0.2, 0.25) is 0 Å². The molecule has 0 aromatic rings. The van der Waals surface area contributed by atoms with Crippen molar-refractivity contribution in [3.8, 4) is 0 Å². The molecule has 0 rings (SSSR count). The van der Waals surface area contributed by atoms with E-state index in [2.05, 4.69) is 37.7 Å². The zero-order valence-corrected chi connectivity index (χ0v) is 17.7. The van der Waals surface area contributed by atoms with Gasteiger partial charge in [0, 0.05) is 33.3 Å². The van der Waals surface area contributed by atoms with Crippen LogP contribution in [0.15, 0.2) is 17.6 Å². The lowest BCUT2D eigenvalue weighted by atomic mass is 10.0. The second-order valence-corrected chi connectivity index (χ2v) is 5.92. The van der Waals surface area contributed by atoms with E-state index in [1.165, 1.54) is 19.3 Å². The zero-order valence-electron chi connectivity index (χ0n) is 15.4. The number of unbranched alkanes of at least 4 members (excludes halogenated alkanes) is 3. The van der Waals surface area contributed by atoms with Crippen molar-refractivity contribution in [2.75, 3.05) is 33.3 Å². The van der Waals surface area contributed by atoms with E-state index in [0.717, 1.165) is 51.3 Å². The topological polar surface area (TPSA) is 47.9 Å². The van der Waals surface area contributed by atoms with Gasteiger partial charge in [-0.1, -0.05) is 25.8 Å². The Balaban J connectivity index is 0. The van der Waals surface area contributed by atoms with Gasteiger partial charge in [0.2, 0.25) is 0 Å². The molecule has 0 saturated carbocycles. The van der Waals surface area contributed by atoms with Gasteiger partial charge in [-0.2, -0.15) is 0 Å². The molecule has 138 valence electrons. The summed E-state index contributed by atoms with van der Waals surface area (Å²) in [6, 6.07) is 0. The van der Waals surface area contributed by atoms with Gasteiger partial charge in [0.1, 0.15) is 0 Å². The Morgan fingerprint density at radius 1 is 1.26 bits per heavy atom. The van der Waals surface area contributed by atoms with E-state index in [9.17, 15) is 0 Å². The number of aliphatic hydroxyl groups is 1. The highest BCUT2D eigenvalue weighted by atomic mass is 127. The number of nitrogens with zero attached hydrogens (tertiary/aromatic N) is 2. The van der Waals surface area contributed by atoms with Crippen LogP contribution in [0.25, 0.3) is 0 Å². The lowest BCUT2D eigenvalue weighted by Crippen LogP contribution is -2.39. The molecule has 0 spiro atoms. The number of aliphatic hydroxyl groups excluding tert-OH is 1. The summed E-state index contributed by atoms with van der Waals surface area (Å²) in [4.78, 5) is 6.99. The minimum Gasteiger partial charge on any atom is -0.396 e. The maximum Gasteiger partial charge on any atom is 0.193 e. The summed E-state index contributed by atoms with van der Waals surface area (Å²) in [5.74, 6) is 1.48. The van der Waals surface area contributed by atoms with E-state index in [0.29, 0.717) is 5.92 Å². The van der Waals surface area contributed by atoms with Gasteiger partial charge < -0.3 is 15.3 Å². The van der Waals surface area contributed by atoms with E-state index in [-0.39, 0.29) is 30.6 Å². The Morgan fingerprint density at radius 3 is 2.57 bits per heavy atom. The highest BCUT2D eigenvalue weighted by Crippen LogP contribution is 2.11. The Kier molecular flexibility index (Phi) is 19.6. The Bertz CT molecular complexity index is 292. The van der Waals surface area contributed by atoms with Gasteiger partial charge >= 0.3 is 0 Å². The molecule has 1 unspecified atom stereocenters. The maximum atomic E-state index is 9.15.